The fraction of sp³-hybridized carbons (Fsp3) is 0.286. The Labute approximate surface area is 190 Å². The number of carbonyl (C=O) groups excluding carboxylic acids is 1. The minimum atomic E-state index is -3.88. The van der Waals surface area contributed by atoms with Gasteiger partial charge in [-0.2, -0.15) is 5.10 Å². The van der Waals surface area contributed by atoms with Gasteiger partial charge < -0.3 is 10.1 Å². The summed E-state index contributed by atoms with van der Waals surface area (Å²) in [5.74, 6) is -0.405. The molecule has 2 aromatic carbocycles. The van der Waals surface area contributed by atoms with E-state index < -0.39 is 15.9 Å². The van der Waals surface area contributed by atoms with Crippen molar-refractivity contribution in [2.24, 2.45) is 0 Å². The number of halogens is 1. The van der Waals surface area contributed by atoms with Crippen LogP contribution in [0.1, 0.15) is 28.8 Å². The Morgan fingerprint density at radius 1 is 1.22 bits per heavy atom. The van der Waals surface area contributed by atoms with Crippen LogP contribution in [0.25, 0.3) is 5.69 Å². The van der Waals surface area contributed by atoms with Gasteiger partial charge in [0.25, 0.3) is 5.91 Å². The van der Waals surface area contributed by atoms with Crippen LogP contribution in [0.3, 0.4) is 0 Å². The van der Waals surface area contributed by atoms with Gasteiger partial charge >= 0.3 is 0 Å². The number of carbonyl (C=O) groups is 1. The molecule has 0 radical (unpaired) electrons. The van der Waals surface area contributed by atoms with Gasteiger partial charge in [0, 0.05) is 25.3 Å². The number of hydrogen-bond acceptors (Lipinski definition) is 6. The van der Waals surface area contributed by atoms with E-state index >= 15 is 0 Å². The predicted molar refractivity (Wildman–Crippen MR) is 118 cm³/mol. The summed E-state index contributed by atoms with van der Waals surface area (Å²) in [5, 5.41) is 6.90. The van der Waals surface area contributed by atoms with Crippen LogP contribution in [-0.2, 0) is 21.3 Å². The Morgan fingerprint density at radius 2 is 2.03 bits per heavy atom. The lowest BCUT2D eigenvalue weighted by molar-refractivity contribution is 0.0950. The molecular weight excluding hydrogens is 454 g/mol. The molecule has 11 heteroatoms. The standard InChI is InChI=1S/C21H22ClN5O4S/c22-19-8-5-16(10-20(19)32(29,30)26-12-18-2-1-9-31-18)21(28)24-11-15-3-6-17(7-4-15)27-14-23-13-25-27/h3-8,10,13-14,18,26H,1-2,9,11-12H2,(H,24,28). The summed E-state index contributed by atoms with van der Waals surface area (Å²) in [7, 11) is -3.88. The van der Waals surface area contributed by atoms with Gasteiger partial charge in [-0.05, 0) is 48.7 Å². The van der Waals surface area contributed by atoms with E-state index in [0.717, 1.165) is 24.1 Å². The minimum absolute atomic E-state index is 0.0464. The maximum atomic E-state index is 12.7. The minimum Gasteiger partial charge on any atom is -0.377 e. The van der Waals surface area contributed by atoms with E-state index in [0.29, 0.717) is 6.61 Å². The van der Waals surface area contributed by atoms with Crippen molar-refractivity contribution in [2.45, 2.75) is 30.4 Å². The Morgan fingerprint density at radius 3 is 2.72 bits per heavy atom. The van der Waals surface area contributed by atoms with E-state index in [1.165, 1.54) is 24.5 Å². The lowest BCUT2D eigenvalue weighted by atomic mass is 10.2. The van der Waals surface area contributed by atoms with Crippen molar-refractivity contribution >= 4 is 27.5 Å². The number of benzene rings is 2. The zero-order valence-corrected chi connectivity index (χ0v) is 18.6. The highest BCUT2D eigenvalue weighted by Crippen LogP contribution is 2.23. The van der Waals surface area contributed by atoms with Crippen LogP contribution in [0.4, 0.5) is 0 Å². The van der Waals surface area contributed by atoms with Crippen molar-refractivity contribution < 1.29 is 17.9 Å². The fourth-order valence-corrected chi connectivity index (χ4v) is 4.92. The highest BCUT2D eigenvalue weighted by Gasteiger charge is 2.23. The molecule has 32 heavy (non-hydrogen) atoms. The summed E-state index contributed by atoms with van der Waals surface area (Å²) >= 11 is 6.12. The fourth-order valence-electron chi connectivity index (χ4n) is 3.33. The summed E-state index contributed by atoms with van der Waals surface area (Å²) in [6.07, 6.45) is 4.61. The third-order valence-corrected chi connectivity index (χ3v) is 6.99. The van der Waals surface area contributed by atoms with E-state index in [-0.39, 0.29) is 34.7 Å². The Kier molecular flexibility index (Phi) is 6.85. The van der Waals surface area contributed by atoms with Crippen molar-refractivity contribution in [1.82, 2.24) is 24.8 Å². The van der Waals surface area contributed by atoms with E-state index in [4.69, 9.17) is 16.3 Å². The number of aromatic nitrogens is 3. The molecule has 9 nitrogen and oxygen atoms in total. The number of nitrogens with zero attached hydrogens (tertiary/aromatic N) is 3. The van der Waals surface area contributed by atoms with Crippen LogP contribution >= 0.6 is 11.6 Å². The Bertz CT molecular complexity index is 1180. The predicted octanol–water partition coefficient (Wildman–Crippen LogP) is 2.31. The molecule has 2 N–H and O–H groups in total. The van der Waals surface area contributed by atoms with Gasteiger partial charge in [-0.25, -0.2) is 22.8 Å². The highest BCUT2D eigenvalue weighted by molar-refractivity contribution is 7.89. The van der Waals surface area contributed by atoms with Crippen molar-refractivity contribution in [3.05, 3.63) is 71.3 Å². The van der Waals surface area contributed by atoms with Crippen molar-refractivity contribution in [2.75, 3.05) is 13.2 Å². The largest absolute Gasteiger partial charge is 0.377 e. The first kappa shape index (κ1) is 22.4. The van der Waals surface area contributed by atoms with Gasteiger partial charge in [-0.15, -0.1) is 0 Å². The van der Waals surface area contributed by atoms with E-state index in [2.05, 4.69) is 20.1 Å². The first-order valence-electron chi connectivity index (χ1n) is 10.1. The van der Waals surface area contributed by atoms with Gasteiger partial charge in [-0.3, -0.25) is 4.79 Å². The second-order valence-electron chi connectivity index (χ2n) is 7.32. The molecule has 1 aliphatic heterocycles. The van der Waals surface area contributed by atoms with E-state index in [9.17, 15) is 13.2 Å². The number of rotatable bonds is 8. The van der Waals surface area contributed by atoms with Gasteiger partial charge in [-0.1, -0.05) is 23.7 Å². The van der Waals surface area contributed by atoms with Crippen molar-refractivity contribution in [3.63, 3.8) is 0 Å². The monoisotopic (exact) mass is 475 g/mol. The highest BCUT2D eigenvalue weighted by atomic mass is 35.5. The molecule has 0 bridgehead atoms. The molecule has 0 aliphatic carbocycles. The molecule has 1 aliphatic rings. The van der Waals surface area contributed by atoms with E-state index in [1.54, 1.807) is 11.0 Å². The van der Waals surface area contributed by atoms with Crippen LogP contribution in [0, 0.1) is 0 Å². The number of hydrogen-bond donors (Lipinski definition) is 2. The van der Waals surface area contributed by atoms with Crippen LogP contribution in [0.5, 0.6) is 0 Å². The van der Waals surface area contributed by atoms with Crippen LogP contribution in [-0.4, -0.2) is 48.3 Å². The Balaban J connectivity index is 1.40. The molecule has 0 saturated carbocycles. The molecule has 1 fully saturated rings. The average molecular weight is 476 g/mol. The second-order valence-corrected chi connectivity index (χ2v) is 9.46. The van der Waals surface area contributed by atoms with Gasteiger partial charge in [0.15, 0.2) is 0 Å². The van der Waals surface area contributed by atoms with Crippen LogP contribution in [0.2, 0.25) is 5.02 Å². The lowest BCUT2D eigenvalue weighted by Gasteiger charge is -2.13. The van der Waals surface area contributed by atoms with Crippen LogP contribution < -0.4 is 10.0 Å². The topological polar surface area (TPSA) is 115 Å². The summed E-state index contributed by atoms with van der Waals surface area (Å²) in [6.45, 7) is 1.07. The molecular formula is C21H22ClN5O4S. The first-order chi connectivity index (χ1) is 15.4. The average Bonchev–Trinajstić information content (AvgIpc) is 3.51. The third-order valence-electron chi connectivity index (χ3n) is 5.08. The molecule has 4 rings (SSSR count). The molecule has 1 saturated heterocycles. The zero-order valence-electron chi connectivity index (χ0n) is 17.1. The summed E-state index contributed by atoms with van der Waals surface area (Å²) < 4.78 is 35.0. The summed E-state index contributed by atoms with van der Waals surface area (Å²) in [6, 6.07) is 11.6. The maximum absolute atomic E-state index is 12.7. The SMILES string of the molecule is O=C(NCc1ccc(-n2cncn2)cc1)c1ccc(Cl)c(S(=O)(=O)NCC2CCCO2)c1. The molecule has 3 aromatic rings. The number of sulfonamides is 1. The quantitative estimate of drug-likeness (QED) is 0.516. The molecule has 0 spiro atoms. The number of ether oxygens (including phenoxy) is 1. The number of amides is 1. The molecule has 1 aromatic heterocycles. The van der Waals surface area contributed by atoms with Crippen molar-refractivity contribution in [3.8, 4) is 5.69 Å². The second kappa shape index (κ2) is 9.78. The van der Waals surface area contributed by atoms with Gasteiger partial charge in [0.1, 0.15) is 17.6 Å². The number of nitrogens with one attached hydrogen (secondary N) is 2. The first-order valence-corrected chi connectivity index (χ1v) is 11.9. The Hall–Kier alpha value is -2.79. The van der Waals surface area contributed by atoms with Gasteiger partial charge in [0.05, 0.1) is 16.8 Å². The summed E-state index contributed by atoms with van der Waals surface area (Å²) in [4.78, 5) is 16.4. The lowest BCUT2D eigenvalue weighted by Crippen LogP contribution is -2.32. The third kappa shape index (κ3) is 5.33. The molecule has 1 atom stereocenters. The summed E-state index contributed by atoms with van der Waals surface area (Å²) in [5.41, 5.74) is 1.93. The molecule has 168 valence electrons. The normalized spacial score (nSPS) is 16.2. The van der Waals surface area contributed by atoms with Crippen molar-refractivity contribution in [1.29, 1.82) is 0 Å². The smallest absolute Gasteiger partial charge is 0.251 e. The molecule has 1 unspecified atom stereocenters. The van der Waals surface area contributed by atoms with Gasteiger partial charge in [0.2, 0.25) is 10.0 Å². The van der Waals surface area contributed by atoms with Crippen LogP contribution in [0.15, 0.2) is 60.0 Å². The zero-order chi connectivity index (χ0) is 22.6. The molecule has 1 amide bonds. The molecule has 2 heterocycles. The maximum Gasteiger partial charge on any atom is 0.251 e. The van der Waals surface area contributed by atoms with E-state index in [1.807, 2.05) is 24.3 Å².